The zero-order valence-electron chi connectivity index (χ0n) is 14.3. The molecule has 6 nitrogen and oxygen atoms in total. The summed E-state index contributed by atoms with van der Waals surface area (Å²) >= 11 is 0. The highest BCUT2D eigenvalue weighted by Gasteiger charge is 2.24. The van der Waals surface area contributed by atoms with Gasteiger partial charge in [0.05, 0.1) is 23.1 Å². The zero-order chi connectivity index (χ0) is 17.7. The molecule has 3 heterocycles. The number of aromatic nitrogens is 2. The average Bonchev–Trinajstić information content (AvgIpc) is 3.11. The number of hydrogen-bond acceptors (Lipinski definition) is 5. The van der Waals surface area contributed by atoms with Crippen molar-refractivity contribution in [2.45, 2.75) is 19.9 Å². The number of H-pyrrole nitrogens is 1. The fourth-order valence-corrected chi connectivity index (χ4v) is 3.52. The molecule has 0 saturated carbocycles. The number of benzene rings is 2. The van der Waals surface area contributed by atoms with Gasteiger partial charge in [0.25, 0.3) is 0 Å². The first kappa shape index (κ1) is 15.0. The summed E-state index contributed by atoms with van der Waals surface area (Å²) in [5.74, 6) is 1.49. The predicted octanol–water partition coefficient (Wildman–Crippen LogP) is 3.59. The first-order valence-electron chi connectivity index (χ1n) is 8.64. The standard InChI is InChI=1S/C20H17N3O3/c1-2-12-9-18(24)26-19-13(12)7-8-17-14(19)10-23(11-25-17)20-21-15-5-3-4-6-16(15)22-20/h3-9H,2,10-11H2,1H3,(H,21,22). The Balaban J connectivity index is 1.63. The number of imidazole rings is 1. The van der Waals surface area contributed by atoms with Gasteiger partial charge in [-0.15, -0.1) is 0 Å². The second-order valence-corrected chi connectivity index (χ2v) is 6.41. The van der Waals surface area contributed by atoms with E-state index in [1.807, 2.05) is 48.2 Å². The van der Waals surface area contributed by atoms with Gasteiger partial charge in [0.2, 0.25) is 5.95 Å². The van der Waals surface area contributed by atoms with Gasteiger partial charge in [-0.3, -0.25) is 0 Å². The summed E-state index contributed by atoms with van der Waals surface area (Å²) in [7, 11) is 0. The van der Waals surface area contributed by atoms with Gasteiger partial charge in [-0.2, -0.15) is 0 Å². The minimum absolute atomic E-state index is 0.330. The maximum Gasteiger partial charge on any atom is 0.336 e. The van der Waals surface area contributed by atoms with Crippen LogP contribution in [0.4, 0.5) is 5.95 Å². The number of nitrogens with zero attached hydrogens (tertiary/aromatic N) is 2. The Kier molecular flexibility index (Phi) is 3.25. The van der Waals surface area contributed by atoms with Crippen molar-refractivity contribution >= 4 is 28.0 Å². The topological polar surface area (TPSA) is 71.4 Å². The first-order valence-corrected chi connectivity index (χ1v) is 8.64. The molecule has 0 aliphatic carbocycles. The van der Waals surface area contributed by atoms with Crippen LogP contribution < -0.4 is 15.3 Å². The number of aromatic amines is 1. The van der Waals surface area contributed by atoms with Gasteiger partial charge in [-0.05, 0) is 36.2 Å². The van der Waals surface area contributed by atoms with E-state index >= 15 is 0 Å². The fraction of sp³-hybridized carbons (Fsp3) is 0.200. The normalized spacial score (nSPS) is 13.8. The van der Waals surface area contributed by atoms with Crippen molar-refractivity contribution < 1.29 is 9.15 Å². The molecule has 26 heavy (non-hydrogen) atoms. The Morgan fingerprint density at radius 1 is 1.23 bits per heavy atom. The second-order valence-electron chi connectivity index (χ2n) is 6.41. The van der Waals surface area contributed by atoms with Gasteiger partial charge in [0.1, 0.15) is 11.3 Å². The van der Waals surface area contributed by atoms with Crippen LogP contribution in [-0.2, 0) is 13.0 Å². The number of nitrogens with one attached hydrogen (secondary N) is 1. The molecule has 5 rings (SSSR count). The molecule has 0 atom stereocenters. The van der Waals surface area contributed by atoms with Crippen LogP contribution in [-0.4, -0.2) is 16.7 Å². The molecule has 2 aromatic carbocycles. The van der Waals surface area contributed by atoms with Crippen molar-refractivity contribution in [1.29, 1.82) is 0 Å². The van der Waals surface area contributed by atoms with E-state index in [9.17, 15) is 4.79 Å². The molecule has 6 heteroatoms. The lowest BCUT2D eigenvalue weighted by molar-refractivity contribution is 0.287. The van der Waals surface area contributed by atoms with Crippen LogP contribution in [0.25, 0.3) is 22.0 Å². The Labute approximate surface area is 149 Å². The third-order valence-corrected chi connectivity index (χ3v) is 4.84. The minimum Gasteiger partial charge on any atom is -0.473 e. The molecule has 1 aliphatic rings. The van der Waals surface area contributed by atoms with E-state index in [1.54, 1.807) is 6.07 Å². The number of anilines is 1. The molecular weight excluding hydrogens is 330 g/mol. The number of rotatable bonds is 2. The fourth-order valence-electron chi connectivity index (χ4n) is 3.52. The Morgan fingerprint density at radius 2 is 2.12 bits per heavy atom. The molecular formula is C20H17N3O3. The smallest absolute Gasteiger partial charge is 0.336 e. The van der Waals surface area contributed by atoms with E-state index < -0.39 is 0 Å². The summed E-state index contributed by atoms with van der Waals surface area (Å²) in [5.41, 5.74) is 4.02. The lowest BCUT2D eigenvalue weighted by Crippen LogP contribution is -2.32. The third-order valence-electron chi connectivity index (χ3n) is 4.84. The molecule has 0 unspecified atom stereocenters. The van der Waals surface area contributed by atoms with E-state index in [0.29, 0.717) is 18.9 Å². The van der Waals surface area contributed by atoms with E-state index in [-0.39, 0.29) is 5.63 Å². The van der Waals surface area contributed by atoms with Crippen LogP contribution in [0.15, 0.2) is 51.7 Å². The van der Waals surface area contributed by atoms with Crippen LogP contribution in [0.5, 0.6) is 5.75 Å². The highest BCUT2D eigenvalue weighted by molar-refractivity contribution is 5.86. The van der Waals surface area contributed by atoms with Gasteiger partial charge in [0, 0.05) is 11.5 Å². The number of fused-ring (bicyclic) bond motifs is 4. The van der Waals surface area contributed by atoms with Gasteiger partial charge < -0.3 is 19.0 Å². The summed E-state index contributed by atoms with van der Waals surface area (Å²) in [6, 6.07) is 13.4. The van der Waals surface area contributed by atoms with Gasteiger partial charge >= 0.3 is 5.63 Å². The Hall–Kier alpha value is -3.28. The monoisotopic (exact) mass is 347 g/mol. The highest BCUT2D eigenvalue weighted by atomic mass is 16.5. The lowest BCUT2D eigenvalue weighted by atomic mass is 10.0. The summed E-state index contributed by atoms with van der Waals surface area (Å²) in [6.45, 7) is 2.98. The first-order chi connectivity index (χ1) is 12.7. The molecule has 0 radical (unpaired) electrons. The minimum atomic E-state index is -0.330. The molecule has 0 fully saturated rings. The molecule has 0 spiro atoms. The van der Waals surface area contributed by atoms with Gasteiger partial charge in [-0.25, -0.2) is 9.78 Å². The van der Waals surface area contributed by atoms with E-state index in [2.05, 4.69) is 9.97 Å². The van der Waals surface area contributed by atoms with Crippen molar-refractivity contribution in [1.82, 2.24) is 9.97 Å². The summed E-state index contributed by atoms with van der Waals surface area (Å²) in [5, 5.41) is 0.959. The molecule has 130 valence electrons. The van der Waals surface area contributed by atoms with Crippen molar-refractivity contribution in [3.8, 4) is 5.75 Å². The van der Waals surface area contributed by atoms with Crippen LogP contribution in [0, 0.1) is 0 Å². The van der Waals surface area contributed by atoms with Crippen molar-refractivity contribution in [2.24, 2.45) is 0 Å². The largest absolute Gasteiger partial charge is 0.473 e. The van der Waals surface area contributed by atoms with E-state index in [4.69, 9.17) is 9.15 Å². The molecule has 0 bridgehead atoms. The predicted molar refractivity (Wildman–Crippen MR) is 99.6 cm³/mol. The van der Waals surface area contributed by atoms with Crippen molar-refractivity contribution in [3.05, 3.63) is 64.0 Å². The van der Waals surface area contributed by atoms with Crippen molar-refractivity contribution in [3.63, 3.8) is 0 Å². The molecule has 1 N–H and O–H groups in total. The number of hydrogen-bond donors (Lipinski definition) is 1. The molecule has 4 aromatic rings. The van der Waals surface area contributed by atoms with Gasteiger partial charge in [0.15, 0.2) is 6.73 Å². The summed E-state index contributed by atoms with van der Waals surface area (Å²) in [6.07, 6.45) is 0.773. The van der Waals surface area contributed by atoms with Crippen LogP contribution in [0.3, 0.4) is 0 Å². The van der Waals surface area contributed by atoms with E-state index in [0.717, 1.165) is 45.7 Å². The molecule has 2 aromatic heterocycles. The summed E-state index contributed by atoms with van der Waals surface area (Å²) < 4.78 is 11.5. The number of aryl methyl sites for hydroxylation is 1. The average molecular weight is 347 g/mol. The highest BCUT2D eigenvalue weighted by Crippen LogP contribution is 2.34. The maximum absolute atomic E-state index is 12.0. The summed E-state index contributed by atoms with van der Waals surface area (Å²) in [4.78, 5) is 21.9. The van der Waals surface area contributed by atoms with Gasteiger partial charge in [-0.1, -0.05) is 19.1 Å². The molecule has 0 saturated heterocycles. The number of ether oxygens (including phenoxy) is 1. The third kappa shape index (κ3) is 2.26. The van der Waals surface area contributed by atoms with Crippen LogP contribution in [0.2, 0.25) is 0 Å². The quantitative estimate of drug-likeness (QED) is 0.561. The molecule has 1 aliphatic heterocycles. The second kappa shape index (κ2) is 5.62. The Morgan fingerprint density at radius 3 is 2.96 bits per heavy atom. The van der Waals surface area contributed by atoms with Crippen LogP contribution in [0.1, 0.15) is 18.1 Å². The van der Waals surface area contributed by atoms with Crippen molar-refractivity contribution in [2.75, 3.05) is 11.6 Å². The Bertz CT molecular complexity index is 1160. The molecule has 0 amide bonds. The lowest BCUT2D eigenvalue weighted by Gasteiger charge is -2.29. The number of para-hydroxylation sites is 2. The SMILES string of the molecule is CCc1cc(=O)oc2c3c(ccc12)OCN(c1nc2ccccc2[nH]1)C3. The van der Waals surface area contributed by atoms with Crippen LogP contribution >= 0.6 is 0 Å². The van der Waals surface area contributed by atoms with E-state index in [1.165, 1.54) is 0 Å². The maximum atomic E-state index is 12.0. The zero-order valence-corrected chi connectivity index (χ0v) is 14.3.